The van der Waals surface area contributed by atoms with E-state index in [0.29, 0.717) is 16.4 Å². The van der Waals surface area contributed by atoms with Crippen molar-refractivity contribution in [2.75, 3.05) is 10.0 Å². The quantitative estimate of drug-likeness (QED) is 0.561. The van der Waals surface area contributed by atoms with Crippen molar-refractivity contribution in [1.29, 1.82) is 0 Å². The number of halogens is 1. The van der Waals surface area contributed by atoms with Gasteiger partial charge < -0.3 is 5.32 Å². The highest BCUT2D eigenvalue weighted by atomic mass is 35.5. The number of thiophene rings is 1. The molecule has 3 rings (SSSR count). The van der Waals surface area contributed by atoms with Crippen LogP contribution in [0.4, 0.5) is 11.4 Å². The largest absolute Gasteiger partial charge is 0.321 e. The van der Waals surface area contributed by atoms with E-state index in [1.807, 2.05) is 0 Å². The average Bonchev–Trinajstić information content (AvgIpc) is 3.18. The highest BCUT2D eigenvalue weighted by molar-refractivity contribution is 7.94. The first-order valence-electron chi connectivity index (χ1n) is 7.84. The molecule has 8 heteroatoms. The fourth-order valence-electron chi connectivity index (χ4n) is 2.21. The van der Waals surface area contributed by atoms with Crippen LogP contribution >= 0.6 is 22.9 Å². The van der Waals surface area contributed by atoms with Gasteiger partial charge in [0.05, 0.1) is 11.4 Å². The number of nitrogens with one attached hydrogen (secondary N) is 2. The first-order chi connectivity index (χ1) is 12.9. The zero-order chi connectivity index (χ0) is 19.3. The summed E-state index contributed by atoms with van der Waals surface area (Å²) in [4.78, 5) is 12.2. The van der Waals surface area contributed by atoms with E-state index in [1.54, 1.807) is 66.1 Å². The summed E-state index contributed by atoms with van der Waals surface area (Å²) < 4.78 is 27.5. The molecular formula is C19H15ClN2O3S2. The lowest BCUT2D eigenvalue weighted by Crippen LogP contribution is -2.15. The van der Waals surface area contributed by atoms with Gasteiger partial charge in [0.25, 0.3) is 10.0 Å². The summed E-state index contributed by atoms with van der Waals surface area (Å²) in [5, 5.41) is 4.98. The standard InChI is InChI=1S/C19H15ClN2O3S2/c20-15-10-7-14(8-11-15)9-12-18(23)21-16-4-1-2-5-17(16)22-27(24,25)19-6-3-13-26-19/h1-13,22H,(H,21,23)/b12-9-. The number of amides is 1. The van der Waals surface area contributed by atoms with Crippen molar-refractivity contribution in [1.82, 2.24) is 0 Å². The van der Waals surface area contributed by atoms with Crippen LogP contribution < -0.4 is 10.0 Å². The minimum absolute atomic E-state index is 0.200. The molecule has 0 aliphatic carbocycles. The zero-order valence-electron chi connectivity index (χ0n) is 13.9. The van der Waals surface area contributed by atoms with Gasteiger partial charge in [-0.3, -0.25) is 9.52 Å². The molecule has 2 aromatic carbocycles. The molecule has 0 spiro atoms. The Bertz CT molecular complexity index is 1060. The molecule has 0 atom stereocenters. The second kappa shape index (κ2) is 8.39. The Morgan fingerprint density at radius 3 is 2.33 bits per heavy atom. The van der Waals surface area contributed by atoms with Crippen molar-refractivity contribution >= 4 is 56.3 Å². The molecular weight excluding hydrogens is 404 g/mol. The zero-order valence-corrected chi connectivity index (χ0v) is 16.3. The normalized spacial score (nSPS) is 11.4. The third kappa shape index (κ3) is 5.19. The Morgan fingerprint density at radius 2 is 1.67 bits per heavy atom. The van der Waals surface area contributed by atoms with Crippen molar-refractivity contribution in [3.63, 3.8) is 0 Å². The van der Waals surface area contributed by atoms with Gasteiger partial charge in [-0.2, -0.15) is 0 Å². The predicted octanol–water partition coefficient (Wildman–Crippen LogP) is 4.85. The molecule has 1 amide bonds. The van der Waals surface area contributed by atoms with Gasteiger partial charge in [-0.05, 0) is 47.4 Å². The number of hydrogen-bond acceptors (Lipinski definition) is 4. The minimum Gasteiger partial charge on any atom is -0.321 e. The van der Waals surface area contributed by atoms with Crippen LogP contribution in [0, 0.1) is 0 Å². The Labute approximate surface area is 166 Å². The Kier molecular flexibility index (Phi) is 5.95. The molecule has 0 aliphatic heterocycles. The first kappa shape index (κ1) is 19.2. The van der Waals surface area contributed by atoms with E-state index < -0.39 is 10.0 Å². The molecule has 27 heavy (non-hydrogen) atoms. The van der Waals surface area contributed by atoms with Gasteiger partial charge in [0.15, 0.2) is 0 Å². The van der Waals surface area contributed by atoms with E-state index in [1.165, 1.54) is 12.1 Å². The summed E-state index contributed by atoms with van der Waals surface area (Å²) in [6.45, 7) is 0. The highest BCUT2D eigenvalue weighted by Crippen LogP contribution is 2.26. The van der Waals surface area contributed by atoms with E-state index in [4.69, 9.17) is 11.6 Å². The smallest absolute Gasteiger partial charge is 0.271 e. The van der Waals surface area contributed by atoms with Crippen LogP contribution in [0.25, 0.3) is 6.08 Å². The highest BCUT2D eigenvalue weighted by Gasteiger charge is 2.17. The lowest BCUT2D eigenvalue weighted by atomic mass is 10.2. The van der Waals surface area contributed by atoms with Crippen molar-refractivity contribution in [2.24, 2.45) is 0 Å². The average molecular weight is 419 g/mol. The van der Waals surface area contributed by atoms with Crippen LogP contribution in [0.15, 0.2) is 76.3 Å². The van der Waals surface area contributed by atoms with Gasteiger partial charge in [0.2, 0.25) is 5.91 Å². The monoisotopic (exact) mass is 418 g/mol. The Hall–Kier alpha value is -2.61. The fraction of sp³-hybridized carbons (Fsp3) is 0. The summed E-state index contributed by atoms with van der Waals surface area (Å²) >= 11 is 6.95. The van der Waals surface area contributed by atoms with Crippen molar-refractivity contribution in [2.45, 2.75) is 4.21 Å². The van der Waals surface area contributed by atoms with Crippen LogP contribution in [0.3, 0.4) is 0 Å². The molecule has 0 fully saturated rings. The molecule has 0 radical (unpaired) electrons. The number of benzene rings is 2. The summed E-state index contributed by atoms with van der Waals surface area (Å²) in [5.74, 6) is -0.382. The molecule has 1 heterocycles. The number of para-hydroxylation sites is 2. The Balaban J connectivity index is 1.74. The van der Waals surface area contributed by atoms with Gasteiger partial charge in [0, 0.05) is 11.1 Å². The predicted molar refractivity (Wildman–Crippen MR) is 111 cm³/mol. The molecule has 2 N–H and O–H groups in total. The van der Waals surface area contributed by atoms with Crippen LogP contribution in [0.5, 0.6) is 0 Å². The fourth-order valence-corrected chi connectivity index (χ4v) is 4.41. The van der Waals surface area contributed by atoms with Crippen molar-refractivity contribution < 1.29 is 13.2 Å². The summed E-state index contributed by atoms with van der Waals surface area (Å²) in [7, 11) is -3.70. The summed E-state index contributed by atoms with van der Waals surface area (Å²) in [5.41, 5.74) is 1.48. The second-order valence-corrected chi connectivity index (χ2v) is 8.75. The molecule has 3 aromatic rings. The Morgan fingerprint density at radius 1 is 0.963 bits per heavy atom. The molecule has 1 aromatic heterocycles. The number of carbonyl (C=O) groups is 1. The molecule has 138 valence electrons. The number of sulfonamides is 1. The molecule has 0 unspecified atom stereocenters. The van der Waals surface area contributed by atoms with E-state index in [2.05, 4.69) is 10.0 Å². The van der Waals surface area contributed by atoms with Crippen molar-refractivity contribution in [3.8, 4) is 0 Å². The third-order valence-electron chi connectivity index (χ3n) is 3.49. The number of hydrogen-bond donors (Lipinski definition) is 2. The van der Waals surface area contributed by atoms with Gasteiger partial charge in [-0.15, -0.1) is 11.3 Å². The lowest BCUT2D eigenvalue weighted by Gasteiger charge is -2.12. The van der Waals surface area contributed by atoms with Crippen LogP contribution in [0.2, 0.25) is 5.02 Å². The van der Waals surface area contributed by atoms with Gasteiger partial charge in [-0.25, -0.2) is 8.42 Å². The lowest BCUT2D eigenvalue weighted by molar-refractivity contribution is -0.111. The molecule has 0 aliphatic rings. The second-order valence-electron chi connectivity index (χ2n) is 5.46. The van der Waals surface area contributed by atoms with Gasteiger partial charge >= 0.3 is 0 Å². The van der Waals surface area contributed by atoms with Crippen LogP contribution in [-0.2, 0) is 14.8 Å². The topological polar surface area (TPSA) is 75.3 Å². The van der Waals surface area contributed by atoms with E-state index >= 15 is 0 Å². The van der Waals surface area contributed by atoms with Gasteiger partial charge in [0.1, 0.15) is 4.21 Å². The minimum atomic E-state index is -3.70. The maximum absolute atomic E-state index is 12.4. The number of carbonyl (C=O) groups excluding carboxylic acids is 1. The van der Waals surface area contributed by atoms with Gasteiger partial charge in [-0.1, -0.05) is 41.9 Å². The van der Waals surface area contributed by atoms with Crippen LogP contribution in [0.1, 0.15) is 5.56 Å². The van der Waals surface area contributed by atoms with E-state index in [0.717, 1.165) is 16.9 Å². The van der Waals surface area contributed by atoms with E-state index in [-0.39, 0.29) is 10.1 Å². The maximum Gasteiger partial charge on any atom is 0.271 e. The molecule has 5 nitrogen and oxygen atoms in total. The molecule has 0 bridgehead atoms. The SMILES string of the molecule is O=C(/C=C\c1ccc(Cl)cc1)Nc1ccccc1NS(=O)(=O)c1cccs1. The van der Waals surface area contributed by atoms with Crippen molar-refractivity contribution in [3.05, 3.63) is 82.7 Å². The molecule has 0 saturated heterocycles. The summed E-state index contributed by atoms with van der Waals surface area (Å²) in [6.07, 6.45) is 3.01. The maximum atomic E-state index is 12.4. The molecule has 0 saturated carbocycles. The summed E-state index contributed by atoms with van der Waals surface area (Å²) in [6, 6.07) is 16.8. The van der Waals surface area contributed by atoms with Crippen LogP contribution in [-0.4, -0.2) is 14.3 Å². The third-order valence-corrected chi connectivity index (χ3v) is 6.50. The van der Waals surface area contributed by atoms with E-state index in [9.17, 15) is 13.2 Å². The number of anilines is 2. The number of rotatable bonds is 6. The first-order valence-corrected chi connectivity index (χ1v) is 10.6.